The van der Waals surface area contributed by atoms with Crippen molar-refractivity contribution < 1.29 is 9.84 Å². The summed E-state index contributed by atoms with van der Waals surface area (Å²) in [6.45, 7) is 7.44. The summed E-state index contributed by atoms with van der Waals surface area (Å²) in [6.07, 6.45) is 0. The van der Waals surface area contributed by atoms with Gasteiger partial charge in [0.2, 0.25) is 0 Å². The summed E-state index contributed by atoms with van der Waals surface area (Å²) >= 11 is 0. The van der Waals surface area contributed by atoms with E-state index in [4.69, 9.17) is 4.74 Å². The minimum atomic E-state index is 0.134. The van der Waals surface area contributed by atoms with Gasteiger partial charge in [-0.1, -0.05) is 12.1 Å². The molecule has 0 aliphatic carbocycles. The third kappa shape index (κ3) is 2.97. The van der Waals surface area contributed by atoms with Crippen molar-refractivity contribution in [1.29, 1.82) is 0 Å². The molecule has 0 aromatic heterocycles. The monoisotopic (exact) mass is 223 g/mol. The average Bonchev–Trinajstić information content (AvgIpc) is 2.26. The van der Waals surface area contributed by atoms with Crippen LogP contribution in [0.25, 0.3) is 0 Å². The number of benzene rings is 1. The van der Waals surface area contributed by atoms with Gasteiger partial charge >= 0.3 is 0 Å². The quantitative estimate of drug-likeness (QED) is 0.753. The Morgan fingerprint density at radius 1 is 1.38 bits per heavy atom. The second-order valence-corrected chi connectivity index (χ2v) is 4.11. The van der Waals surface area contributed by atoms with Crippen LogP contribution in [0.5, 0.6) is 5.75 Å². The van der Waals surface area contributed by atoms with Gasteiger partial charge in [-0.05, 0) is 31.9 Å². The van der Waals surface area contributed by atoms with E-state index in [1.165, 1.54) is 0 Å². The van der Waals surface area contributed by atoms with Crippen molar-refractivity contribution in [3.63, 3.8) is 0 Å². The highest BCUT2D eigenvalue weighted by molar-refractivity contribution is 5.45. The maximum absolute atomic E-state index is 10.0. The molecule has 0 heterocycles. The van der Waals surface area contributed by atoms with Crippen LogP contribution in [-0.2, 0) is 4.74 Å². The number of phenolic OH excluding ortho intramolecular Hbond substituents is 1. The van der Waals surface area contributed by atoms with Gasteiger partial charge < -0.3 is 15.2 Å². The van der Waals surface area contributed by atoms with Gasteiger partial charge in [-0.3, -0.25) is 0 Å². The molecule has 3 nitrogen and oxygen atoms in total. The fraction of sp³-hybridized carbons (Fsp3) is 0.538. The largest absolute Gasteiger partial charge is 0.507 e. The highest BCUT2D eigenvalue weighted by atomic mass is 16.5. The number of aromatic hydroxyl groups is 1. The van der Waals surface area contributed by atoms with E-state index in [1.54, 1.807) is 7.11 Å². The number of ether oxygens (including phenoxy) is 1. The molecule has 1 aromatic rings. The summed E-state index contributed by atoms with van der Waals surface area (Å²) in [4.78, 5) is 0. The predicted molar refractivity (Wildman–Crippen MR) is 65.9 cm³/mol. The Bertz CT molecular complexity index is 350. The van der Waals surface area contributed by atoms with Gasteiger partial charge in [-0.2, -0.15) is 0 Å². The van der Waals surface area contributed by atoms with E-state index < -0.39 is 0 Å². The first-order chi connectivity index (χ1) is 7.57. The fourth-order valence-electron chi connectivity index (χ4n) is 1.66. The molecule has 1 aromatic carbocycles. The predicted octanol–water partition coefficient (Wildman–Crippen LogP) is 2.31. The Balaban J connectivity index is 2.76. The van der Waals surface area contributed by atoms with Gasteiger partial charge in [0.1, 0.15) is 5.75 Å². The van der Waals surface area contributed by atoms with Gasteiger partial charge in [0.25, 0.3) is 0 Å². The van der Waals surface area contributed by atoms with Crippen LogP contribution in [0.4, 0.5) is 0 Å². The van der Waals surface area contributed by atoms with Crippen LogP contribution in [0.15, 0.2) is 12.1 Å². The third-order valence-electron chi connectivity index (χ3n) is 2.96. The van der Waals surface area contributed by atoms with Crippen LogP contribution in [0.3, 0.4) is 0 Å². The number of methoxy groups -OCH3 is 1. The zero-order chi connectivity index (χ0) is 12.1. The second kappa shape index (κ2) is 5.87. The minimum absolute atomic E-state index is 0.134. The summed E-state index contributed by atoms with van der Waals surface area (Å²) in [6, 6.07) is 4.15. The Hall–Kier alpha value is -1.06. The van der Waals surface area contributed by atoms with Gasteiger partial charge in [0.05, 0.1) is 6.61 Å². The van der Waals surface area contributed by atoms with Crippen molar-refractivity contribution in [3.8, 4) is 5.75 Å². The molecule has 0 spiro atoms. The standard InChI is InChI=1S/C13H21NO2/c1-9-5-6-12(13(15)10(9)2)11(3)14-7-8-16-4/h5-6,11,14-15H,7-8H2,1-4H3. The lowest BCUT2D eigenvalue weighted by Gasteiger charge is -2.17. The Labute approximate surface area is 97.4 Å². The van der Waals surface area contributed by atoms with Gasteiger partial charge in [-0.15, -0.1) is 0 Å². The molecule has 0 aliphatic rings. The first kappa shape index (κ1) is 13.0. The van der Waals surface area contributed by atoms with Gasteiger partial charge in [0.15, 0.2) is 0 Å². The van der Waals surface area contributed by atoms with E-state index in [9.17, 15) is 5.11 Å². The Morgan fingerprint density at radius 3 is 2.69 bits per heavy atom. The van der Waals surface area contributed by atoms with E-state index in [2.05, 4.69) is 5.32 Å². The number of hydrogen-bond donors (Lipinski definition) is 2. The average molecular weight is 223 g/mol. The van der Waals surface area contributed by atoms with Gasteiger partial charge in [-0.25, -0.2) is 0 Å². The molecule has 0 amide bonds. The topological polar surface area (TPSA) is 41.5 Å². The highest BCUT2D eigenvalue weighted by Crippen LogP contribution is 2.29. The van der Waals surface area contributed by atoms with E-state index in [0.29, 0.717) is 12.4 Å². The van der Waals surface area contributed by atoms with Crippen LogP contribution in [0.1, 0.15) is 29.7 Å². The molecule has 0 fully saturated rings. The Kier molecular flexibility index (Phi) is 4.77. The first-order valence-corrected chi connectivity index (χ1v) is 5.59. The SMILES string of the molecule is COCCNC(C)c1ccc(C)c(C)c1O. The molecule has 0 radical (unpaired) electrons. The summed E-state index contributed by atoms with van der Waals surface area (Å²) in [5.41, 5.74) is 3.02. The highest BCUT2D eigenvalue weighted by Gasteiger charge is 2.12. The fourth-order valence-corrected chi connectivity index (χ4v) is 1.66. The maximum atomic E-state index is 10.0. The first-order valence-electron chi connectivity index (χ1n) is 5.59. The van der Waals surface area contributed by atoms with Crippen molar-refractivity contribution in [2.75, 3.05) is 20.3 Å². The van der Waals surface area contributed by atoms with Crippen molar-refractivity contribution in [3.05, 3.63) is 28.8 Å². The molecule has 0 bridgehead atoms. The zero-order valence-electron chi connectivity index (χ0n) is 10.5. The van der Waals surface area contributed by atoms with Crippen molar-refractivity contribution >= 4 is 0 Å². The lowest BCUT2D eigenvalue weighted by atomic mass is 10.00. The number of phenols is 1. The molecule has 90 valence electrons. The van der Waals surface area contributed by atoms with Crippen molar-refractivity contribution in [2.24, 2.45) is 0 Å². The van der Waals surface area contributed by atoms with E-state index in [0.717, 1.165) is 23.2 Å². The lowest BCUT2D eigenvalue weighted by molar-refractivity contribution is 0.196. The normalized spacial score (nSPS) is 12.8. The lowest BCUT2D eigenvalue weighted by Crippen LogP contribution is -2.23. The molecule has 16 heavy (non-hydrogen) atoms. The number of aryl methyl sites for hydroxylation is 1. The van der Waals surface area contributed by atoms with Crippen molar-refractivity contribution in [2.45, 2.75) is 26.8 Å². The van der Waals surface area contributed by atoms with E-state index in [-0.39, 0.29) is 6.04 Å². The van der Waals surface area contributed by atoms with E-state index in [1.807, 2.05) is 32.9 Å². The van der Waals surface area contributed by atoms with Crippen LogP contribution in [0, 0.1) is 13.8 Å². The molecule has 1 rings (SSSR count). The van der Waals surface area contributed by atoms with Crippen LogP contribution in [-0.4, -0.2) is 25.4 Å². The second-order valence-electron chi connectivity index (χ2n) is 4.11. The molecule has 0 aliphatic heterocycles. The molecule has 1 atom stereocenters. The molecule has 1 unspecified atom stereocenters. The molecular weight excluding hydrogens is 202 g/mol. The number of rotatable bonds is 5. The van der Waals surface area contributed by atoms with Crippen LogP contribution >= 0.6 is 0 Å². The van der Waals surface area contributed by atoms with E-state index >= 15 is 0 Å². The minimum Gasteiger partial charge on any atom is -0.507 e. The van der Waals surface area contributed by atoms with Crippen molar-refractivity contribution in [1.82, 2.24) is 5.32 Å². The summed E-state index contributed by atoms with van der Waals surface area (Å²) in [5, 5.41) is 13.3. The smallest absolute Gasteiger partial charge is 0.123 e. The summed E-state index contributed by atoms with van der Waals surface area (Å²) in [5.74, 6) is 0.400. The molecule has 0 saturated carbocycles. The molecular formula is C13H21NO2. The number of hydrogen-bond acceptors (Lipinski definition) is 3. The molecule has 0 saturated heterocycles. The van der Waals surface area contributed by atoms with Gasteiger partial charge in [0, 0.05) is 25.3 Å². The number of nitrogens with one attached hydrogen (secondary N) is 1. The van der Waals surface area contributed by atoms with Crippen LogP contribution in [0.2, 0.25) is 0 Å². The third-order valence-corrected chi connectivity index (χ3v) is 2.96. The summed E-state index contributed by atoms with van der Waals surface area (Å²) < 4.78 is 4.98. The Morgan fingerprint density at radius 2 is 2.06 bits per heavy atom. The molecule has 3 heteroatoms. The molecule has 2 N–H and O–H groups in total. The van der Waals surface area contributed by atoms with Crippen LogP contribution < -0.4 is 5.32 Å². The zero-order valence-corrected chi connectivity index (χ0v) is 10.5. The maximum Gasteiger partial charge on any atom is 0.123 e. The summed E-state index contributed by atoms with van der Waals surface area (Å²) in [7, 11) is 1.68.